The van der Waals surface area contributed by atoms with Gasteiger partial charge < -0.3 is 10.2 Å². The Bertz CT molecular complexity index is 561. The number of nitrogens with one attached hydrogen (secondary N) is 1. The molecule has 1 aliphatic heterocycles. The van der Waals surface area contributed by atoms with Crippen LogP contribution in [-0.4, -0.2) is 44.2 Å². The fraction of sp³-hybridized carbons (Fsp3) is 0.462. The summed E-state index contributed by atoms with van der Waals surface area (Å²) in [7, 11) is -0.867. The lowest BCUT2D eigenvalue weighted by atomic mass is 10.2. The zero-order valence-corrected chi connectivity index (χ0v) is 12.5. The summed E-state index contributed by atoms with van der Waals surface area (Å²) >= 11 is 0. The first-order chi connectivity index (χ1) is 9.97. The van der Waals surface area contributed by atoms with Crippen molar-refractivity contribution in [3.05, 3.63) is 34.4 Å². The Morgan fingerprint density at radius 1 is 1.38 bits per heavy atom. The Balaban J connectivity index is 2.02. The topological polar surface area (TPSA) is 92.6 Å². The number of urea groups is 1. The van der Waals surface area contributed by atoms with Crippen molar-refractivity contribution in [2.24, 2.45) is 0 Å². The number of nitrogens with zero attached hydrogens (tertiary/aromatic N) is 2. The van der Waals surface area contributed by atoms with Gasteiger partial charge in [0.05, 0.1) is 4.92 Å². The van der Waals surface area contributed by atoms with Crippen molar-refractivity contribution in [1.29, 1.82) is 0 Å². The molecular weight excluding hydrogens is 294 g/mol. The fourth-order valence-corrected chi connectivity index (χ4v) is 3.35. The van der Waals surface area contributed by atoms with Crippen LogP contribution in [0.5, 0.6) is 0 Å². The van der Waals surface area contributed by atoms with Crippen molar-refractivity contribution in [3.63, 3.8) is 0 Å². The summed E-state index contributed by atoms with van der Waals surface area (Å²) in [5.74, 6) is 1.10. The van der Waals surface area contributed by atoms with E-state index in [0.29, 0.717) is 30.2 Å². The van der Waals surface area contributed by atoms with Crippen molar-refractivity contribution in [2.45, 2.75) is 19.4 Å². The van der Waals surface area contributed by atoms with Gasteiger partial charge in [-0.1, -0.05) is 0 Å². The van der Waals surface area contributed by atoms with Crippen LogP contribution in [0.4, 0.5) is 16.2 Å². The van der Waals surface area contributed by atoms with Crippen LogP contribution >= 0.6 is 0 Å². The molecule has 0 spiro atoms. The highest BCUT2D eigenvalue weighted by molar-refractivity contribution is 7.85. The molecule has 2 rings (SSSR count). The molecule has 1 N–H and O–H groups in total. The number of nitro groups is 1. The van der Waals surface area contributed by atoms with Gasteiger partial charge in [0, 0.05) is 52.7 Å². The van der Waals surface area contributed by atoms with Crippen molar-refractivity contribution in [1.82, 2.24) is 4.90 Å². The van der Waals surface area contributed by atoms with Gasteiger partial charge in [-0.15, -0.1) is 0 Å². The second-order valence-electron chi connectivity index (χ2n) is 4.91. The minimum Gasteiger partial charge on any atom is -0.321 e. The van der Waals surface area contributed by atoms with Crippen LogP contribution in [-0.2, 0) is 10.8 Å². The van der Waals surface area contributed by atoms with E-state index in [1.54, 1.807) is 4.90 Å². The number of rotatable bonds is 2. The van der Waals surface area contributed by atoms with Crippen LogP contribution in [0.3, 0.4) is 0 Å². The van der Waals surface area contributed by atoms with Crippen LogP contribution in [0.25, 0.3) is 0 Å². The molecule has 2 amide bonds. The van der Waals surface area contributed by atoms with E-state index in [2.05, 4.69) is 5.32 Å². The smallest absolute Gasteiger partial charge is 0.321 e. The van der Waals surface area contributed by atoms with Crippen LogP contribution in [0.1, 0.15) is 13.3 Å². The molecule has 2 atom stereocenters. The summed E-state index contributed by atoms with van der Waals surface area (Å²) in [5.41, 5.74) is 0.481. The lowest BCUT2D eigenvalue weighted by Crippen LogP contribution is -2.42. The highest BCUT2D eigenvalue weighted by Crippen LogP contribution is 2.17. The zero-order valence-electron chi connectivity index (χ0n) is 11.7. The molecule has 114 valence electrons. The molecule has 0 radical (unpaired) electrons. The minimum atomic E-state index is -0.867. The molecule has 0 aliphatic carbocycles. The van der Waals surface area contributed by atoms with Gasteiger partial charge in [-0.3, -0.25) is 14.3 Å². The van der Waals surface area contributed by atoms with E-state index < -0.39 is 15.7 Å². The Kier molecular flexibility index (Phi) is 4.89. The van der Waals surface area contributed by atoms with Crippen molar-refractivity contribution in [2.75, 3.05) is 23.4 Å². The Hall–Kier alpha value is -1.96. The maximum absolute atomic E-state index is 12.2. The van der Waals surface area contributed by atoms with Gasteiger partial charge in [0.25, 0.3) is 5.69 Å². The van der Waals surface area contributed by atoms with E-state index in [9.17, 15) is 19.1 Å². The van der Waals surface area contributed by atoms with Gasteiger partial charge in [-0.05, 0) is 25.5 Å². The maximum atomic E-state index is 12.2. The molecule has 0 aromatic heterocycles. The summed E-state index contributed by atoms with van der Waals surface area (Å²) in [4.78, 5) is 24.0. The standard InChI is InChI=1S/C13H17N3O4S/c1-10-6-8-21(20)9-7-15(10)13(17)14-11-2-4-12(5-3-11)16(18)19/h2-5,10H,6-9H2,1H3,(H,14,17)/t10-,21+/m0/s1. The van der Waals surface area contributed by atoms with E-state index in [0.717, 1.165) is 0 Å². The van der Waals surface area contributed by atoms with Crippen molar-refractivity contribution >= 4 is 28.2 Å². The zero-order chi connectivity index (χ0) is 15.4. The molecule has 21 heavy (non-hydrogen) atoms. The number of hydrogen-bond donors (Lipinski definition) is 1. The van der Waals surface area contributed by atoms with Crippen LogP contribution in [0.15, 0.2) is 24.3 Å². The maximum Gasteiger partial charge on any atom is 0.322 e. The molecule has 1 aromatic rings. The second kappa shape index (κ2) is 6.66. The van der Waals surface area contributed by atoms with Crippen LogP contribution in [0.2, 0.25) is 0 Å². The van der Waals surface area contributed by atoms with E-state index in [4.69, 9.17) is 0 Å². The van der Waals surface area contributed by atoms with Crippen LogP contribution < -0.4 is 5.32 Å². The first-order valence-corrected chi connectivity index (χ1v) is 8.13. The molecule has 1 aliphatic rings. The predicted octanol–water partition coefficient (Wildman–Crippen LogP) is 1.97. The number of non-ortho nitro benzene ring substituents is 1. The largest absolute Gasteiger partial charge is 0.322 e. The number of benzene rings is 1. The average Bonchev–Trinajstić information content (AvgIpc) is 2.61. The molecule has 7 nitrogen and oxygen atoms in total. The molecule has 0 unspecified atom stereocenters. The molecule has 0 bridgehead atoms. The lowest BCUT2D eigenvalue weighted by Gasteiger charge is -2.26. The highest BCUT2D eigenvalue weighted by Gasteiger charge is 2.24. The van der Waals surface area contributed by atoms with E-state index in [-0.39, 0.29) is 17.8 Å². The van der Waals surface area contributed by atoms with Gasteiger partial charge in [-0.2, -0.15) is 0 Å². The summed E-state index contributed by atoms with van der Waals surface area (Å²) in [5, 5.41) is 13.3. The lowest BCUT2D eigenvalue weighted by molar-refractivity contribution is -0.384. The monoisotopic (exact) mass is 311 g/mol. The first kappa shape index (κ1) is 15.4. The number of carbonyl (C=O) groups excluding carboxylic acids is 1. The number of amides is 2. The van der Waals surface area contributed by atoms with Gasteiger partial charge in [0.1, 0.15) is 0 Å². The summed E-state index contributed by atoms with van der Waals surface area (Å²) in [6.45, 7) is 2.38. The highest BCUT2D eigenvalue weighted by atomic mass is 32.2. The number of hydrogen-bond acceptors (Lipinski definition) is 4. The molecule has 1 heterocycles. The quantitative estimate of drug-likeness (QED) is 0.667. The second-order valence-corrected chi connectivity index (χ2v) is 6.61. The Morgan fingerprint density at radius 3 is 2.67 bits per heavy atom. The third kappa shape index (κ3) is 4.01. The summed E-state index contributed by atoms with van der Waals surface area (Å²) in [6.07, 6.45) is 0.709. The Morgan fingerprint density at radius 2 is 2.05 bits per heavy atom. The molecular formula is C13H17N3O4S. The first-order valence-electron chi connectivity index (χ1n) is 6.64. The van der Waals surface area contributed by atoms with Crippen molar-refractivity contribution in [3.8, 4) is 0 Å². The molecule has 8 heteroatoms. The van der Waals surface area contributed by atoms with Crippen LogP contribution in [0, 0.1) is 10.1 Å². The predicted molar refractivity (Wildman–Crippen MR) is 80.8 cm³/mol. The Labute approximate surface area is 124 Å². The van der Waals surface area contributed by atoms with Gasteiger partial charge in [-0.25, -0.2) is 4.79 Å². The fourth-order valence-electron chi connectivity index (χ4n) is 2.14. The summed E-state index contributed by atoms with van der Waals surface area (Å²) < 4.78 is 11.5. The molecule has 1 saturated heterocycles. The SMILES string of the molecule is C[C@H]1CC[S@@](=O)CCN1C(=O)Nc1ccc([N+](=O)[O-])cc1. The third-order valence-corrected chi connectivity index (χ3v) is 4.77. The average molecular weight is 311 g/mol. The van der Waals surface area contributed by atoms with Gasteiger partial charge >= 0.3 is 6.03 Å². The van der Waals surface area contributed by atoms with Gasteiger partial charge in [0.15, 0.2) is 0 Å². The third-order valence-electron chi connectivity index (χ3n) is 3.45. The number of anilines is 1. The van der Waals surface area contributed by atoms with E-state index in [1.165, 1.54) is 24.3 Å². The minimum absolute atomic E-state index is 0.0217. The van der Waals surface area contributed by atoms with Gasteiger partial charge in [0.2, 0.25) is 0 Å². The van der Waals surface area contributed by atoms with E-state index in [1.807, 2.05) is 6.92 Å². The number of carbonyl (C=O) groups is 1. The van der Waals surface area contributed by atoms with E-state index >= 15 is 0 Å². The number of nitro benzene ring substituents is 1. The molecule has 1 fully saturated rings. The molecule has 1 aromatic carbocycles. The molecule has 0 saturated carbocycles. The van der Waals surface area contributed by atoms with Crippen molar-refractivity contribution < 1.29 is 13.9 Å². The summed E-state index contributed by atoms with van der Waals surface area (Å²) in [6, 6.07) is 5.44. The normalized spacial score (nSPS) is 22.4.